The number of nitrogens with one attached hydrogen (secondary N) is 1. The first-order valence-electron chi connectivity index (χ1n) is 5.10. The smallest absolute Gasteiger partial charge is 0.220 e. The lowest BCUT2D eigenvalue weighted by molar-refractivity contribution is -0.122. The Morgan fingerprint density at radius 2 is 2.00 bits per heavy atom. The lowest BCUT2D eigenvalue weighted by Crippen LogP contribution is -2.38. The molecule has 4 heteroatoms. The number of nitrogens with two attached hydrogens (primary N) is 1. The van der Waals surface area contributed by atoms with Crippen LogP contribution in [0.25, 0.3) is 0 Å². The second kappa shape index (κ2) is 6.79. The molecule has 0 aliphatic carbocycles. The average molecular weight is 201 g/mol. The Labute approximate surface area is 86.8 Å². The molecule has 0 aromatic carbocycles. The monoisotopic (exact) mass is 201 g/mol. The van der Waals surface area contributed by atoms with Gasteiger partial charge in [0.05, 0.1) is 0 Å². The minimum Gasteiger partial charge on any atom is -0.355 e. The summed E-state index contributed by atoms with van der Waals surface area (Å²) in [5, 5.41) is 2.89. The fraction of sp³-hybridized carbons (Fsp3) is 0.900. The molecule has 14 heavy (non-hydrogen) atoms. The average Bonchev–Trinajstić information content (AvgIpc) is 2.13. The second-order valence-corrected chi connectivity index (χ2v) is 4.16. The number of likely N-dealkylation sites (N-methyl/N-ethyl adjacent to an activating group) is 1. The van der Waals surface area contributed by atoms with Gasteiger partial charge in [-0.2, -0.15) is 0 Å². The van der Waals surface area contributed by atoms with Crippen molar-refractivity contribution in [2.45, 2.75) is 26.3 Å². The molecule has 0 bridgehead atoms. The van der Waals surface area contributed by atoms with Gasteiger partial charge in [-0.05, 0) is 33.5 Å². The van der Waals surface area contributed by atoms with Crippen LogP contribution in [0.3, 0.4) is 0 Å². The highest BCUT2D eigenvalue weighted by molar-refractivity contribution is 5.76. The zero-order valence-corrected chi connectivity index (χ0v) is 9.71. The summed E-state index contributed by atoms with van der Waals surface area (Å²) in [7, 11) is 4.00. The van der Waals surface area contributed by atoms with Crippen molar-refractivity contribution in [1.29, 1.82) is 0 Å². The van der Waals surface area contributed by atoms with Crippen molar-refractivity contribution in [3.8, 4) is 0 Å². The second-order valence-electron chi connectivity index (χ2n) is 4.16. The fourth-order valence-electron chi connectivity index (χ4n) is 0.916. The van der Waals surface area contributed by atoms with Gasteiger partial charge >= 0.3 is 0 Å². The van der Waals surface area contributed by atoms with E-state index >= 15 is 0 Å². The third-order valence-electron chi connectivity index (χ3n) is 2.41. The number of rotatable bonds is 6. The molecule has 0 heterocycles. The molecule has 4 nitrogen and oxygen atoms in total. The van der Waals surface area contributed by atoms with Gasteiger partial charge in [0.1, 0.15) is 0 Å². The summed E-state index contributed by atoms with van der Waals surface area (Å²) in [6.07, 6.45) is 0.524. The summed E-state index contributed by atoms with van der Waals surface area (Å²) in [6, 6.07) is 0.368. The van der Waals surface area contributed by atoms with E-state index in [9.17, 15) is 4.79 Å². The van der Waals surface area contributed by atoms with Crippen molar-refractivity contribution in [1.82, 2.24) is 10.2 Å². The highest BCUT2D eigenvalue weighted by atomic mass is 16.1. The van der Waals surface area contributed by atoms with Crippen LogP contribution in [0.1, 0.15) is 20.3 Å². The number of hydrogen-bond acceptors (Lipinski definition) is 3. The maximum atomic E-state index is 11.4. The Kier molecular flexibility index (Phi) is 6.49. The Hall–Kier alpha value is -0.610. The SMILES string of the molecule is CC(CN)CC(=O)NCC(C)N(C)C. The number of amides is 1. The first kappa shape index (κ1) is 13.4. The fourth-order valence-corrected chi connectivity index (χ4v) is 0.916. The summed E-state index contributed by atoms with van der Waals surface area (Å²) in [6.45, 7) is 5.32. The van der Waals surface area contributed by atoms with Gasteiger partial charge in [-0.1, -0.05) is 6.92 Å². The van der Waals surface area contributed by atoms with Crippen LogP contribution in [0.15, 0.2) is 0 Å². The van der Waals surface area contributed by atoms with Crippen LogP contribution in [0, 0.1) is 5.92 Å². The Morgan fingerprint density at radius 3 is 2.43 bits per heavy atom. The van der Waals surface area contributed by atoms with E-state index in [-0.39, 0.29) is 11.8 Å². The minimum absolute atomic E-state index is 0.0941. The van der Waals surface area contributed by atoms with Crippen molar-refractivity contribution >= 4 is 5.91 Å². The zero-order chi connectivity index (χ0) is 11.1. The van der Waals surface area contributed by atoms with Crippen LogP contribution in [0.4, 0.5) is 0 Å². The molecule has 2 atom stereocenters. The molecule has 0 fully saturated rings. The quantitative estimate of drug-likeness (QED) is 0.638. The molecule has 0 aliphatic heterocycles. The molecule has 0 rings (SSSR count). The van der Waals surface area contributed by atoms with Crippen LogP contribution >= 0.6 is 0 Å². The van der Waals surface area contributed by atoms with Gasteiger partial charge < -0.3 is 16.0 Å². The predicted molar refractivity (Wildman–Crippen MR) is 59.0 cm³/mol. The number of carbonyl (C=O) groups excluding carboxylic acids is 1. The zero-order valence-electron chi connectivity index (χ0n) is 9.71. The van der Waals surface area contributed by atoms with E-state index in [1.165, 1.54) is 0 Å². The molecule has 0 saturated heterocycles. The Balaban J connectivity index is 3.64. The maximum absolute atomic E-state index is 11.4. The molecule has 0 aliphatic rings. The van der Waals surface area contributed by atoms with E-state index in [4.69, 9.17) is 5.73 Å². The third kappa shape index (κ3) is 5.94. The molecule has 3 N–H and O–H groups in total. The van der Waals surface area contributed by atoms with Crippen molar-refractivity contribution in [2.75, 3.05) is 27.2 Å². The lowest BCUT2D eigenvalue weighted by atomic mass is 10.1. The van der Waals surface area contributed by atoms with Gasteiger partial charge in [-0.25, -0.2) is 0 Å². The molecule has 0 radical (unpaired) electrons. The van der Waals surface area contributed by atoms with Gasteiger partial charge in [0.2, 0.25) is 5.91 Å². The summed E-state index contributed by atoms with van der Waals surface area (Å²) in [4.78, 5) is 13.4. The van der Waals surface area contributed by atoms with Crippen molar-refractivity contribution < 1.29 is 4.79 Å². The maximum Gasteiger partial charge on any atom is 0.220 e. The molecule has 0 saturated carbocycles. The highest BCUT2D eigenvalue weighted by Gasteiger charge is 2.09. The molecular formula is C10H23N3O. The molecule has 84 valence electrons. The van der Waals surface area contributed by atoms with Crippen LogP contribution in [0.2, 0.25) is 0 Å². The standard InChI is InChI=1S/C10H23N3O/c1-8(6-11)5-10(14)12-7-9(2)13(3)4/h8-9H,5-7,11H2,1-4H3,(H,12,14). The Morgan fingerprint density at radius 1 is 1.43 bits per heavy atom. The normalized spacial score (nSPS) is 15.3. The van der Waals surface area contributed by atoms with Crippen LogP contribution in [-0.4, -0.2) is 44.0 Å². The lowest BCUT2D eigenvalue weighted by Gasteiger charge is -2.20. The van der Waals surface area contributed by atoms with Crippen molar-refractivity contribution in [3.63, 3.8) is 0 Å². The summed E-state index contributed by atoms with van der Waals surface area (Å²) in [5.74, 6) is 0.362. The molecule has 0 aromatic heterocycles. The summed E-state index contributed by atoms with van der Waals surface area (Å²) < 4.78 is 0. The topological polar surface area (TPSA) is 58.4 Å². The van der Waals surface area contributed by atoms with E-state index in [1.807, 2.05) is 21.0 Å². The van der Waals surface area contributed by atoms with Gasteiger partial charge in [-0.15, -0.1) is 0 Å². The first-order chi connectivity index (χ1) is 6.47. The molecule has 2 unspecified atom stereocenters. The van der Waals surface area contributed by atoms with Gasteiger partial charge in [0.25, 0.3) is 0 Å². The summed E-state index contributed by atoms with van der Waals surface area (Å²) in [5.41, 5.74) is 5.44. The van der Waals surface area contributed by atoms with Gasteiger partial charge in [0.15, 0.2) is 0 Å². The van der Waals surface area contributed by atoms with Gasteiger partial charge in [-0.3, -0.25) is 4.79 Å². The van der Waals surface area contributed by atoms with Crippen molar-refractivity contribution in [3.05, 3.63) is 0 Å². The highest BCUT2D eigenvalue weighted by Crippen LogP contribution is 1.98. The van der Waals surface area contributed by atoms with Crippen LogP contribution in [0.5, 0.6) is 0 Å². The van der Waals surface area contributed by atoms with E-state index in [2.05, 4.69) is 17.1 Å². The molecule has 0 spiro atoms. The van der Waals surface area contributed by atoms with Crippen molar-refractivity contribution in [2.24, 2.45) is 11.7 Å². The largest absolute Gasteiger partial charge is 0.355 e. The van der Waals surface area contributed by atoms with E-state index in [0.717, 1.165) is 0 Å². The Bertz CT molecular complexity index is 171. The summed E-state index contributed by atoms with van der Waals surface area (Å²) >= 11 is 0. The predicted octanol–water partition coefficient (Wildman–Crippen LogP) is 0.0376. The van der Waals surface area contributed by atoms with E-state index in [1.54, 1.807) is 0 Å². The van der Waals surface area contributed by atoms with E-state index < -0.39 is 0 Å². The number of nitrogens with zero attached hydrogens (tertiary/aromatic N) is 1. The minimum atomic E-state index is 0.0941. The van der Waals surface area contributed by atoms with Crippen LogP contribution in [-0.2, 0) is 4.79 Å². The third-order valence-corrected chi connectivity index (χ3v) is 2.41. The number of carbonyl (C=O) groups is 1. The number of hydrogen-bond donors (Lipinski definition) is 2. The van der Waals surface area contributed by atoms with Gasteiger partial charge in [0, 0.05) is 19.0 Å². The molecule has 1 amide bonds. The van der Waals surface area contributed by atoms with Crippen LogP contribution < -0.4 is 11.1 Å². The molecule has 0 aromatic rings. The molecular weight excluding hydrogens is 178 g/mol. The van der Waals surface area contributed by atoms with E-state index in [0.29, 0.717) is 25.6 Å². The first-order valence-corrected chi connectivity index (χ1v) is 5.10.